The summed E-state index contributed by atoms with van der Waals surface area (Å²) in [6.07, 6.45) is 1.23. The Balaban J connectivity index is 0.000000314. The van der Waals surface area contributed by atoms with E-state index in [0.29, 0.717) is 0 Å². The first-order valence-electron chi connectivity index (χ1n) is 8.20. The van der Waals surface area contributed by atoms with Crippen LogP contribution in [0.15, 0.2) is 73.3 Å². The molecule has 6 nitrogen and oxygen atoms in total. The summed E-state index contributed by atoms with van der Waals surface area (Å²) in [7, 11) is 0.940. The average molecular weight is 388 g/mol. The fraction of sp³-hybridized carbons (Fsp3) is 0.200. The first kappa shape index (κ1) is 22.3. The van der Waals surface area contributed by atoms with Crippen LogP contribution < -0.4 is 10.4 Å². The molecule has 0 fully saturated rings. The fourth-order valence-corrected chi connectivity index (χ4v) is 5.22. The molecule has 0 unspecified atom stereocenters. The minimum atomic E-state index is -2.50. The van der Waals surface area contributed by atoms with Gasteiger partial charge < -0.3 is 19.1 Å². The van der Waals surface area contributed by atoms with E-state index < -0.39 is 26.4 Å². The number of carbonyl (C=O) groups is 2. The van der Waals surface area contributed by atoms with Gasteiger partial charge >= 0.3 is 20.5 Å². The van der Waals surface area contributed by atoms with E-state index in [1.807, 2.05) is 36.4 Å². The number of hydrogen-bond donors (Lipinski definition) is 2. The largest absolute Gasteiger partial charge is 0.481 e. The molecule has 2 aromatic carbocycles. The Hall–Kier alpha value is -2.74. The summed E-state index contributed by atoms with van der Waals surface area (Å²) >= 11 is 0. The van der Waals surface area contributed by atoms with Crippen LogP contribution in [0.3, 0.4) is 0 Å². The van der Waals surface area contributed by atoms with Crippen molar-refractivity contribution in [2.45, 2.75) is 6.42 Å². The summed E-state index contributed by atoms with van der Waals surface area (Å²) in [5.74, 6) is -4.00. The smallest absolute Gasteiger partial charge is 0.406 e. The molecule has 27 heavy (non-hydrogen) atoms. The van der Waals surface area contributed by atoms with Crippen molar-refractivity contribution in [2.75, 3.05) is 14.2 Å². The van der Waals surface area contributed by atoms with Crippen LogP contribution >= 0.6 is 0 Å². The first-order valence-corrected chi connectivity index (χ1v) is 10.0. The van der Waals surface area contributed by atoms with E-state index in [9.17, 15) is 9.59 Å². The first-order chi connectivity index (χ1) is 12.9. The van der Waals surface area contributed by atoms with Crippen LogP contribution in [0.25, 0.3) is 0 Å². The van der Waals surface area contributed by atoms with Gasteiger partial charge in [0.15, 0.2) is 5.92 Å². The molecule has 0 spiro atoms. The number of carboxylic acids is 2. The molecule has 0 aromatic heterocycles. The van der Waals surface area contributed by atoms with E-state index in [4.69, 9.17) is 19.1 Å². The standard InChI is InChI=1S/C14H16O2Si.C6H8O4/c1-15-17(16-2,13-9-5-3-6-10-13)14-11-7-4-8-12-14;1-2-3-4(5(7)8)6(9)10/h3-12H,1-2H3;2,4H,1,3H2,(H,7,8)(H,9,10). The van der Waals surface area contributed by atoms with Gasteiger partial charge in [-0.3, -0.25) is 9.59 Å². The topological polar surface area (TPSA) is 93.1 Å². The zero-order chi connectivity index (χ0) is 20.3. The second-order valence-electron chi connectivity index (χ2n) is 5.51. The van der Waals surface area contributed by atoms with Gasteiger partial charge in [0.25, 0.3) is 0 Å². The molecular weight excluding hydrogens is 364 g/mol. The number of aliphatic carboxylic acids is 2. The predicted molar refractivity (Wildman–Crippen MR) is 105 cm³/mol. The summed E-state index contributed by atoms with van der Waals surface area (Å²) in [6, 6.07) is 20.3. The van der Waals surface area contributed by atoms with E-state index in [0.717, 1.165) is 10.4 Å². The Labute approximate surface area is 159 Å². The van der Waals surface area contributed by atoms with Gasteiger partial charge in [-0.25, -0.2) is 0 Å². The lowest BCUT2D eigenvalue weighted by molar-refractivity contribution is -0.154. The van der Waals surface area contributed by atoms with Crippen molar-refractivity contribution >= 4 is 30.9 Å². The van der Waals surface area contributed by atoms with Gasteiger partial charge in [-0.15, -0.1) is 6.58 Å². The number of rotatable bonds is 8. The van der Waals surface area contributed by atoms with Crippen LogP contribution in [-0.2, 0) is 18.4 Å². The summed E-state index contributed by atoms with van der Waals surface area (Å²) in [5.41, 5.74) is 0. The van der Waals surface area contributed by atoms with Gasteiger partial charge in [0.2, 0.25) is 0 Å². The molecule has 7 heteroatoms. The molecule has 0 saturated heterocycles. The molecule has 0 bridgehead atoms. The van der Waals surface area contributed by atoms with Gasteiger partial charge in [0.1, 0.15) is 0 Å². The van der Waals surface area contributed by atoms with E-state index in [-0.39, 0.29) is 6.42 Å². The van der Waals surface area contributed by atoms with Crippen molar-refractivity contribution in [3.63, 3.8) is 0 Å². The number of benzene rings is 2. The highest BCUT2D eigenvalue weighted by Crippen LogP contribution is 2.07. The molecule has 0 aliphatic rings. The van der Waals surface area contributed by atoms with E-state index in [1.165, 1.54) is 6.08 Å². The van der Waals surface area contributed by atoms with Crippen molar-refractivity contribution < 1.29 is 28.7 Å². The summed E-state index contributed by atoms with van der Waals surface area (Å²) < 4.78 is 11.6. The van der Waals surface area contributed by atoms with Crippen LogP contribution in [0.2, 0.25) is 0 Å². The predicted octanol–water partition coefficient (Wildman–Crippen LogP) is 1.88. The number of allylic oxidation sites excluding steroid dienone is 1. The van der Waals surface area contributed by atoms with Gasteiger partial charge in [0.05, 0.1) is 0 Å². The zero-order valence-corrected chi connectivity index (χ0v) is 16.4. The second-order valence-corrected chi connectivity index (χ2v) is 8.71. The third-order valence-electron chi connectivity index (χ3n) is 3.88. The maximum Gasteiger partial charge on any atom is 0.406 e. The van der Waals surface area contributed by atoms with Crippen molar-refractivity contribution in [3.05, 3.63) is 73.3 Å². The normalized spacial score (nSPS) is 10.6. The van der Waals surface area contributed by atoms with Gasteiger partial charge in [-0.2, -0.15) is 0 Å². The minimum Gasteiger partial charge on any atom is -0.481 e. The van der Waals surface area contributed by atoms with Crippen molar-refractivity contribution in [1.82, 2.24) is 0 Å². The van der Waals surface area contributed by atoms with E-state index in [2.05, 4.69) is 30.8 Å². The molecular formula is C20H24O6Si. The Morgan fingerprint density at radius 2 is 1.30 bits per heavy atom. The van der Waals surface area contributed by atoms with E-state index in [1.54, 1.807) is 14.2 Å². The maximum atomic E-state index is 10.1. The molecule has 0 amide bonds. The van der Waals surface area contributed by atoms with Crippen LogP contribution in [0.1, 0.15) is 6.42 Å². The average Bonchev–Trinajstić information content (AvgIpc) is 2.69. The molecule has 0 aliphatic carbocycles. The van der Waals surface area contributed by atoms with Crippen LogP contribution in [0, 0.1) is 5.92 Å². The van der Waals surface area contributed by atoms with Gasteiger partial charge in [0, 0.05) is 14.2 Å². The van der Waals surface area contributed by atoms with Crippen LogP contribution in [0.5, 0.6) is 0 Å². The lowest BCUT2D eigenvalue weighted by Crippen LogP contribution is -2.62. The number of carboxylic acid groups (broad SMARTS) is 2. The lowest BCUT2D eigenvalue weighted by atomic mass is 10.1. The summed E-state index contributed by atoms with van der Waals surface area (Å²) in [5, 5.41) is 18.7. The Bertz CT molecular complexity index is 673. The zero-order valence-electron chi connectivity index (χ0n) is 15.4. The SMILES string of the molecule is C=CCC(C(=O)O)C(=O)O.CO[Si](OC)(c1ccccc1)c1ccccc1. The molecule has 2 aromatic rings. The Morgan fingerprint density at radius 1 is 0.926 bits per heavy atom. The van der Waals surface area contributed by atoms with Crippen LogP contribution in [-0.4, -0.2) is 44.9 Å². The minimum absolute atomic E-state index is 0.0370. The quantitative estimate of drug-likeness (QED) is 0.407. The fourth-order valence-electron chi connectivity index (χ4n) is 2.51. The molecule has 0 heterocycles. The molecule has 0 radical (unpaired) electrons. The third-order valence-corrected chi connectivity index (χ3v) is 7.22. The maximum absolute atomic E-state index is 10.1. The van der Waals surface area contributed by atoms with Crippen molar-refractivity contribution in [2.24, 2.45) is 5.92 Å². The van der Waals surface area contributed by atoms with Gasteiger partial charge in [-0.05, 0) is 16.8 Å². The van der Waals surface area contributed by atoms with Crippen molar-refractivity contribution in [3.8, 4) is 0 Å². The highest BCUT2D eigenvalue weighted by Gasteiger charge is 2.40. The summed E-state index contributed by atoms with van der Waals surface area (Å²) in [6.45, 7) is 3.24. The van der Waals surface area contributed by atoms with Crippen LogP contribution in [0.4, 0.5) is 0 Å². The summed E-state index contributed by atoms with van der Waals surface area (Å²) in [4.78, 5) is 20.2. The van der Waals surface area contributed by atoms with Gasteiger partial charge in [-0.1, -0.05) is 66.7 Å². The number of hydrogen-bond acceptors (Lipinski definition) is 4. The molecule has 2 N–H and O–H groups in total. The molecule has 0 saturated carbocycles. The second kappa shape index (κ2) is 11.1. The molecule has 144 valence electrons. The molecule has 0 aliphatic heterocycles. The molecule has 0 atom stereocenters. The molecule has 2 rings (SSSR count). The highest BCUT2D eigenvalue weighted by molar-refractivity contribution is 6.92. The van der Waals surface area contributed by atoms with E-state index >= 15 is 0 Å². The Kier molecular flexibility index (Phi) is 9.14. The lowest BCUT2D eigenvalue weighted by Gasteiger charge is -2.27. The Morgan fingerprint density at radius 3 is 1.52 bits per heavy atom. The highest BCUT2D eigenvalue weighted by atomic mass is 28.4. The third kappa shape index (κ3) is 5.89. The monoisotopic (exact) mass is 388 g/mol. The van der Waals surface area contributed by atoms with Crippen molar-refractivity contribution in [1.29, 1.82) is 0 Å².